The first-order valence-corrected chi connectivity index (χ1v) is 6.89. The van der Waals surface area contributed by atoms with Gasteiger partial charge in [0.05, 0.1) is 4.90 Å². The summed E-state index contributed by atoms with van der Waals surface area (Å²) in [7, 11) is -3.73. The Morgan fingerprint density at radius 1 is 1.47 bits per heavy atom. The van der Waals surface area contributed by atoms with Crippen molar-refractivity contribution in [2.75, 3.05) is 6.54 Å². The van der Waals surface area contributed by atoms with E-state index in [1.807, 2.05) is 0 Å². The van der Waals surface area contributed by atoms with Gasteiger partial charge in [-0.1, -0.05) is 11.6 Å². The zero-order chi connectivity index (χ0) is 13.1. The predicted molar refractivity (Wildman–Crippen MR) is 64.9 cm³/mol. The molecule has 96 valence electrons. The second kappa shape index (κ2) is 5.77. The molecular formula is C10H14ClFN2O2S. The van der Waals surface area contributed by atoms with Gasteiger partial charge in [-0.3, -0.25) is 0 Å². The lowest BCUT2D eigenvalue weighted by Crippen LogP contribution is -2.29. The van der Waals surface area contributed by atoms with Crippen LogP contribution in [0.25, 0.3) is 0 Å². The van der Waals surface area contributed by atoms with Gasteiger partial charge in [0.1, 0.15) is 5.82 Å². The Morgan fingerprint density at radius 3 is 2.65 bits per heavy atom. The van der Waals surface area contributed by atoms with Gasteiger partial charge in [0.15, 0.2) is 0 Å². The fourth-order valence-corrected chi connectivity index (χ4v) is 2.58. The minimum atomic E-state index is -3.73. The van der Waals surface area contributed by atoms with E-state index < -0.39 is 15.8 Å². The molecule has 17 heavy (non-hydrogen) atoms. The summed E-state index contributed by atoms with van der Waals surface area (Å²) in [5.41, 5.74) is 5.49. The smallest absolute Gasteiger partial charge is 0.240 e. The first-order valence-electron chi connectivity index (χ1n) is 5.02. The quantitative estimate of drug-likeness (QED) is 0.858. The molecule has 0 aliphatic rings. The standard InChI is InChI=1S/C10H14ClFN2O2S/c1-7(13)2-3-14-17(15,16)10-5-8(11)4-9(12)6-10/h4-7,14H,2-3,13H2,1H3. The first-order chi connectivity index (χ1) is 7.81. The Bertz CT molecular complexity index is 471. The van der Waals surface area contributed by atoms with Gasteiger partial charge in [-0.15, -0.1) is 0 Å². The minimum Gasteiger partial charge on any atom is -0.328 e. The topological polar surface area (TPSA) is 72.2 Å². The molecule has 0 aliphatic carbocycles. The average molecular weight is 281 g/mol. The Labute approximate surface area is 105 Å². The van der Waals surface area contributed by atoms with Crippen molar-refractivity contribution in [3.63, 3.8) is 0 Å². The zero-order valence-electron chi connectivity index (χ0n) is 9.28. The van der Waals surface area contributed by atoms with Crippen molar-refractivity contribution < 1.29 is 12.8 Å². The highest BCUT2D eigenvalue weighted by Crippen LogP contribution is 2.17. The second-order valence-corrected chi connectivity index (χ2v) is 5.97. The summed E-state index contributed by atoms with van der Waals surface area (Å²) in [5, 5.41) is 0.0394. The molecule has 0 saturated carbocycles. The lowest BCUT2D eigenvalue weighted by Gasteiger charge is -2.08. The summed E-state index contributed by atoms with van der Waals surface area (Å²) < 4.78 is 38.8. The summed E-state index contributed by atoms with van der Waals surface area (Å²) in [6, 6.07) is 3.05. The zero-order valence-corrected chi connectivity index (χ0v) is 10.9. The van der Waals surface area contributed by atoms with Gasteiger partial charge in [0.25, 0.3) is 0 Å². The molecule has 1 aromatic carbocycles. The van der Waals surface area contributed by atoms with Crippen LogP contribution in [-0.4, -0.2) is 21.0 Å². The Kier molecular flexibility index (Phi) is 4.88. The van der Waals surface area contributed by atoms with Crippen LogP contribution in [0.3, 0.4) is 0 Å². The van der Waals surface area contributed by atoms with Crippen LogP contribution in [0, 0.1) is 5.82 Å². The molecule has 0 bridgehead atoms. The van der Waals surface area contributed by atoms with Gasteiger partial charge in [-0.25, -0.2) is 17.5 Å². The summed E-state index contributed by atoms with van der Waals surface area (Å²) >= 11 is 5.59. The van der Waals surface area contributed by atoms with Gasteiger partial charge in [0, 0.05) is 17.6 Å². The predicted octanol–water partition coefficient (Wildman–Crippen LogP) is 1.49. The maximum Gasteiger partial charge on any atom is 0.240 e. The Morgan fingerprint density at radius 2 is 2.12 bits per heavy atom. The fraction of sp³-hybridized carbons (Fsp3) is 0.400. The highest BCUT2D eigenvalue weighted by molar-refractivity contribution is 7.89. The van der Waals surface area contributed by atoms with Crippen molar-refractivity contribution in [1.82, 2.24) is 4.72 Å². The van der Waals surface area contributed by atoms with Gasteiger partial charge >= 0.3 is 0 Å². The summed E-state index contributed by atoms with van der Waals surface area (Å²) in [6.07, 6.45) is 0.502. The number of hydrogen-bond acceptors (Lipinski definition) is 3. The van der Waals surface area contributed by atoms with Gasteiger partial charge in [-0.2, -0.15) is 0 Å². The number of nitrogens with one attached hydrogen (secondary N) is 1. The molecule has 7 heteroatoms. The largest absolute Gasteiger partial charge is 0.328 e. The van der Waals surface area contributed by atoms with E-state index in [-0.39, 0.29) is 22.5 Å². The highest BCUT2D eigenvalue weighted by atomic mass is 35.5. The third kappa shape index (κ3) is 4.59. The van der Waals surface area contributed by atoms with Crippen LogP contribution in [0.15, 0.2) is 23.1 Å². The van der Waals surface area contributed by atoms with E-state index in [9.17, 15) is 12.8 Å². The van der Waals surface area contributed by atoms with Crippen molar-refractivity contribution in [1.29, 1.82) is 0 Å². The second-order valence-electron chi connectivity index (χ2n) is 3.77. The number of nitrogens with two attached hydrogens (primary N) is 1. The summed E-state index contributed by atoms with van der Waals surface area (Å²) in [5.74, 6) is -0.690. The van der Waals surface area contributed by atoms with Crippen LogP contribution in [-0.2, 0) is 10.0 Å². The highest BCUT2D eigenvalue weighted by Gasteiger charge is 2.15. The van der Waals surface area contributed by atoms with Crippen molar-refractivity contribution in [3.8, 4) is 0 Å². The molecule has 0 heterocycles. The van der Waals surface area contributed by atoms with Crippen molar-refractivity contribution in [2.45, 2.75) is 24.3 Å². The molecule has 1 rings (SSSR count). The first kappa shape index (κ1) is 14.4. The summed E-state index contributed by atoms with van der Waals surface area (Å²) in [6.45, 7) is 1.97. The minimum absolute atomic E-state index is 0.0394. The number of sulfonamides is 1. The summed E-state index contributed by atoms with van der Waals surface area (Å²) in [4.78, 5) is -0.188. The number of rotatable bonds is 5. The van der Waals surface area contributed by atoms with E-state index >= 15 is 0 Å². The SMILES string of the molecule is CC(N)CCNS(=O)(=O)c1cc(F)cc(Cl)c1. The normalized spacial score (nSPS) is 13.6. The van der Waals surface area contributed by atoms with Crippen LogP contribution >= 0.6 is 11.6 Å². The van der Waals surface area contributed by atoms with E-state index in [1.54, 1.807) is 6.92 Å². The molecule has 0 aliphatic heterocycles. The van der Waals surface area contributed by atoms with E-state index in [1.165, 1.54) is 6.07 Å². The number of halogens is 2. The molecule has 1 aromatic rings. The molecule has 1 unspecified atom stereocenters. The van der Waals surface area contributed by atoms with Crippen LogP contribution in [0.5, 0.6) is 0 Å². The lowest BCUT2D eigenvalue weighted by molar-refractivity contribution is 0.569. The molecule has 0 radical (unpaired) electrons. The molecule has 0 fully saturated rings. The van der Waals surface area contributed by atoms with Crippen LogP contribution in [0.2, 0.25) is 5.02 Å². The molecule has 0 aromatic heterocycles. The molecule has 1 atom stereocenters. The number of hydrogen-bond donors (Lipinski definition) is 2. The molecule has 0 spiro atoms. The van der Waals surface area contributed by atoms with Crippen molar-refractivity contribution in [2.24, 2.45) is 5.73 Å². The van der Waals surface area contributed by atoms with Crippen molar-refractivity contribution >= 4 is 21.6 Å². The van der Waals surface area contributed by atoms with Crippen LogP contribution in [0.4, 0.5) is 4.39 Å². The fourth-order valence-electron chi connectivity index (χ4n) is 1.19. The Balaban J connectivity index is 2.82. The van der Waals surface area contributed by atoms with E-state index in [0.717, 1.165) is 12.1 Å². The van der Waals surface area contributed by atoms with E-state index in [0.29, 0.717) is 6.42 Å². The number of benzene rings is 1. The molecular weight excluding hydrogens is 267 g/mol. The maximum atomic E-state index is 13.0. The average Bonchev–Trinajstić information content (AvgIpc) is 2.14. The maximum absolute atomic E-state index is 13.0. The Hall–Kier alpha value is -0.690. The monoisotopic (exact) mass is 280 g/mol. The van der Waals surface area contributed by atoms with Gasteiger partial charge < -0.3 is 5.73 Å². The third-order valence-electron chi connectivity index (χ3n) is 2.04. The van der Waals surface area contributed by atoms with Gasteiger partial charge in [-0.05, 0) is 31.5 Å². The van der Waals surface area contributed by atoms with Gasteiger partial charge in [0.2, 0.25) is 10.0 Å². The molecule has 0 amide bonds. The van der Waals surface area contributed by atoms with E-state index in [2.05, 4.69) is 4.72 Å². The van der Waals surface area contributed by atoms with E-state index in [4.69, 9.17) is 17.3 Å². The third-order valence-corrected chi connectivity index (χ3v) is 3.70. The van der Waals surface area contributed by atoms with Crippen molar-refractivity contribution in [3.05, 3.63) is 29.0 Å². The molecule has 3 N–H and O–H groups in total. The van der Waals surface area contributed by atoms with Crippen LogP contribution < -0.4 is 10.5 Å². The van der Waals surface area contributed by atoms with Crippen LogP contribution in [0.1, 0.15) is 13.3 Å². The molecule has 4 nitrogen and oxygen atoms in total. The molecule has 0 saturated heterocycles. The lowest BCUT2D eigenvalue weighted by atomic mass is 10.3.